The zero-order valence-corrected chi connectivity index (χ0v) is 18.8. The Morgan fingerprint density at radius 2 is 1.83 bits per heavy atom. The zero-order chi connectivity index (χ0) is 21.5. The SMILES string of the molecule is COc1ccc(CCN(C)C(=O)c2ccc(COc3cccc(Br)c3)o2)cc1OC. The van der Waals surface area contributed by atoms with Crippen LogP contribution >= 0.6 is 15.9 Å². The first kappa shape index (κ1) is 21.8. The molecule has 0 radical (unpaired) electrons. The molecule has 0 aliphatic carbocycles. The van der Waals surface area contributed by atoms with E-state index in [-0.39, 0.29) is 18.3 Å². The molecule has 0 atom stereocenters. The van der Waals surface area contributed by atoms with Gasteiger partial charge in [0.05, 0.1) is 14.2 Å². The maximum atomic E-state index is 12.7. The molecule has 0 aliphatic rings. The molecule has 0 aliphatic heterocycles. The van der Waals surface area contributed by atoms with Crippen molar-refractivity contribution < 1.29 is 23.4 Å². The number of ether oxygens (including phenoxy) is 3. The van der Waals surface area contributed by atoms with E-state index < -0.39 is 0 Å². The zero-order valence-electron chi connectivity index (χ0n) is 17.2. The van der Waals surface area contributed by atoms with E-state index in [1.807, 2.05) is 42.5 Å². The van der Waals surface area contributed by atoms with E-state index in [0.717, 1.165) is 15.8 Å². The highest BCUT2D eigenvalue weighted by molar-refractivity contribution is 9.10. The number of carbonyl (C=O) groups excluding carboxylic acids is 1. The van der Waals surface area contributed by atoms with Crippen molar-refractivity contribution in [3.05, 3.63) is 76.2 Å². The second-order valence-corrected chi connectivity index (χ2v) is 7.59. The number of carbonyl (C=O) groups is 1. The summed E-state index contributed by atoms with van der Waals surface area (Å²) >= 11 is 3.41. The largest absolute Gasteiger partial charge is 0.493 e. The van der Waals surface area contributed by atoms with Gasteiger partial charge in [-0.25, -0.2) is 0 Å². The number of hydrogen-bond donors (Lipinski definition) is 0. The second-order valence-electron chi connectivity index (χ2n) is 6.68. The van der Waals surface area contributed by atoms with Crippen LogP contribution in [0, 0.1) is 0 Å². The molecular formula is C23H24BrNO5. The van der Waals surface area contributed by atoms with Crippen molar-refractivity contribution in [2.45, 2.75) is 13.0 Å². The average Bonchev–Trinajstić information content (AvgIpc) is 3.24. The number of furan rings is 1. The number of halogens is 1. The van der Waals surface area contributed by atoms with E-state index in [2.05, 4.69) is 15.9 Å². The van der Waals surface area contributed by atoms with Crippen LogP contribution in [0.1, 0.15) is 21.9 Å². The van der Waals surface area contributed by atoms with Crippen LogP contribution in [0.4, 0.5) is 0 Å². The van der Waals surface area contributed by atoms with Crippen molar-refractivity contribution in [2.75, 3.05) is 27.8 Å². The predicted octanol–water partition coefficient (Wildman–Crippen LogP) is 4.95. The quantitative estimate of drug-likeness (QED) is 0.439. The van der Waals surface area contributed by atoms with Crippen LogP contribution in [0.3, 0.4) is 0 Å². The molecule has 3 aromatic rings. The van der Waals surface area contributed by atoms with Crippen LogP contribution in [0.25, 0.3) is 0 Å². The number of hydrogen-bond acceptors (Lipinski definition) is 5. The number of rotatable bonds is 9. The van der Waals surface area contributed by atoms with Crippen molar-refractivity contribution in [1.29, 1.82) is 0 Å². The summed E-state index contributed by atoms with van der Waals surface area (Å²) < 4.78 is 22.9. The molecular weight excluding hydrogens is 450 g/mol. The lowest BCUT2D eigenvalue weighted by molar-refractivity contribution is 0.0761. The molecule has 2 aromatic carbocycles. The molecule has 0 spiro atoms. The summed E-state index contributed by atoms with van der Waals surface area (Å²) in [7, 11) is 4.96. The fraction of sp³-hybridized carbons (Fsp3) is 0.261. The molecule has 1 heterocycles. The Kier molecular flexibility index (Phi) is 7.41. The Hall–Kier alpha value is -2.93. The Bertz CT molecular complexity index is 1000. The fourth-order valence-corrected chi connectivity index (χ4v) is 3.28. The van der Waals surface area contributed by atoms with E-state index in [9.17, 15) is 4.79 Å². The lowest BCUT2D eigenvalue weighted by atomic mass is 10.1. The summed E-state index contributed by atoms with van der Waals surface area (Å²) in [6.45, 7) is 0.790. The fourth-order valence-electron chi connectivity index (χ4n) is 2.90. The number of likely N-dealkylation sites (N-methyl/N-ethyl adjacent to an activating group) is 1. The smallest absolute Gasteiger partial charge is 0.289 e. The molecule has 0 unspecified atom stereocenters. The molecule has 0 bridgehead atoms. The van der Waals surface area contributed by atoms with Gasteiger partial charge < -0.3 is 23.5 Å². The predicted molar refractivity (Wildman–Crippen MR) is 117 cm³/mol. The molecule has 1 amide bonds. The first-order valence-corrected chi connectivity index (χ1v) is 10.2. The monoisotopic (exact) mass is 473 g/mol. The van der Waals surface area contributed by atoms with Crippen LogP contribution in [0.2, 0.25) is 0 Å². The highest BCUT2D eigenvalue weighted by Crippen LogP contribution is 2.27. The van der Waals surface area contributed by atoms with Crippen LogP contribution in [0.5, 0.6) is 17.2 Å². The molecule has 0 saturated heterocycles. The molecule has 0 N–H and O–H groups in total. The third-order valence-electron chi connectivity index (χ3n) is 4.58. The van der Waals surface area contributed by atoms with Crippen molar-refractivity contribution in [3.8, 4) is 17.2 Å². The standard InChI is InChI=1S/C23H24BrNO5/c1-25(12-11-16-7-9-20(27-2)22(13-16)28-3)23(26)21-10-8-19(30-21)15-29-18-6-4-5-17(24)14-18/h4-10,13-14H,11-12,15H2,1-3H3. The Morgan fingerprint density at radius 3 is 2.57 bits per heavy atom. The maximum absolute atomic E-state index is 12.7. The number of amides is 1. The molecule has 6 nitrogen and oxygen atoms in total. The molecule has 30 heavy (non-hydrogen) atoms. The first-order valence-electron chi connectivity index (χ1n) is 9.43. The molecule has 0 saturated carbocycles. The normalized spacial score (nSPS) is 10.5. The van der Waals surface area contributed by atoms with Crippen molar-refractivity contribution in [3.63, 3.8) is 0 Å². The third-order valence-corrected chi connectivity index (χ3v) is 5.07. The number of benzene rings is 2. The van der Waals surface area contributed by atoms with Crippen molar-refractivity contribution in [2.24, 2.45) is 0 Å². The van der Waals surface area contributed by atoms with Crippen molar-refractivity contribution >= 4 is 21.8 Å². The Morgan fingerprint density at radius 1 is 1.03 bits per heavy atom. The van der Waals surface area contributed by atoms with Gasteiger partial charge in [-0.15, -0.1) is 0 Å². The molecule has 0 fully saturated rings. The lowest BCUT2D eigenvalue weighted by Gasteiger charge is -2.16. The maximum Gasteiger partial charge on any atom is 0.289 e. The highest BCUT2D eigenvalue weighted by Gasteiger charge is 2.16. The van der Waals surface area contributed by atoms with Gasteiger partial charge in [0.2, 0.25) is 0 Å². The van der Waals surface area contributed by atoms with Gasteiger partial charge >= 0.3 is 0 Å². The topological polar surface area (TPSA) is 61.1 Å². The van der Waals surface area contributed by atoms with Gasteiger partial charge in [0.25, 0.3) is 5.91 Å². The van der Waals surface area contributed by atoms with Gasteiger partial charge in [-0.3, -0.25) is 4.79 Å². The van der Waals surface area contributed by atoms with Crippen LogP contribution in [0.15, 0.2) is 63.5 Å². The van der Waals surface area contributed by atoms with Gasteiger partial charge in [0.15, 0.2) is 17.3 Å². The molecule has 158 valence electrons. The Labute approximate surface area is 184 Å². The summed E-state index contributed by atoms with van der Waals surface area (Å²) in [6, 6.07) is 16.7. The van der Waals surface area contributed by atoms with Crippen LogP contribution in [-0.4, -0.2) is 38.6 Å². The number of methoxy groups -OCH3 is 2. The summed E-state index contributed by atoms with van der Waals surface area (Å²) in [4.78, 5) is 14.3. The molecule has 7 heteroatoms. The van der Waals surface area contributed by atoms with E-state index in [0.29, 0.717) is 30.2 Å². The van der Waals surface area contributed by atoms with Gasteiger partial charge in [-0.05, 0) is 54.4 Å². The first-order chi connectivity index (χ1) is 14.5. The summed E-state index contributed by atoms with van der Waals surface area (Å²) in [5.41, 5.74) is 1.05. The van der Waals surface area contributed by atoms with E-state index >= 15 is 0 Å². The summed E-state index contributed by atoms with van der Waals surface area (Å²) in [6.07, 6.45) is 0.683. The molecule has 3 rings (SSSR count). The number of nitrogens with zero attached hydrogens (tertiary/aromatic N) is 1. The van der Waals surface area contributed by atoms with Gasteiger partial charge in [-0.2, -0.15) is 0 Å². The summed E-state index contributed by atoms with van der Waals surface area (Å²) in [5, 5.41) is 0. The van der Waals surface area contributed by atoms with E-state index in [4.69, 9.17) is 18.6 Å². The van der Waals surface area contributed by atoms with Gasteiger partial charge in [0.1, 0.15) is 18.1 Å². The summed E-state index contributed by atoms with van der Waals surface area (Å²) in [5.74, 6) is 2.78. The second kappa shape index (κ2) is 10.2. The highest BCUT2D eigenvalue weighted by atomic mass is 79.9. The minimum Gasteiger partial charge on any atom is -0.493 e. The lowest BCUT2D eigenvalue weighted by Crippen LogP contribution is -2.28. The average molecular weight is 474 g/mol. The minimum absolute atomic E-state index is 0.177. The van der Waals surface area contributed by atoms with E-state index in [1.165, 1.54) is 0 Å². The van der Waals surface area contributed by atoms with E-state index in [1.54, 1.807) is 38.3 Å². The van der Waals surface area contributed by atoms with Crippen LogP contribution < -0.4 is 14.2 Å². The molecule has 1 aromatic heterocycles. The Balaban J connectivity index is 1.55. The third kappa shape index (κ3) is 5.57. The van der Waals surface area contributed by atoms with Crippen molar-refractivity contribution in [1.82, 2.24) is 4.90 Å². The minimum atomic E-state index is -0.177. The van der Waals surface area contributed by atoms with Gasteiger partial charge in [-0.1, -0.05) is 28.1 Å². The van der Waals surface area contributed by atoms with Crippen LogP contribution in [-0.2, 0) is 13.0 Å². The van der Waals surface area contributed by atoms with Gasteiger partial charge in [0, 0.05) is 18.1 Å².